The van der Waals surface area contributed by atoms with Gasteiger partial charge in [-0.3, -0.25) is 4.79 Å². The molecule has 1 amide bonds. The second-order valence-electron chi connectivity index (χ2n) is 5.73. The summed E-state index contributed by atoms with van der Waals surface area (Å²) in [6, 6.07) is 7.77. The van der Waals surface area contributed by atoms with Gasteiger partial charge < -0.3 is 14.9 Å². The van der Waals surface area contributed by atoms with Gasteiger partial charge in [-0.2, -0.15) is 0 Å². The predicted octanol–water partition coefficient (Wildman–Crippen LogP) is 2.38. The smallest absolute Gasteiger partial charge is 0.254 e. The van der Waals surface area contributed by atoms with Crippen LogP contribution in [0.5, 0.6) is 0 Å². The molecule has 1 fully saturated rings. The molecule has 0 saturated carbocycles. The molecule has 2 unspecified atom stereocenters. The zero-order valence-electron chi connectivity index (χ0n) is 13.2. The Hall–Kier alpha value is -1.55. The SMILES string of the molecule is CCN(CC)c1ccc(C(=O)N2CCC(C)C2CO)cc1. The molecule has 0 aliphatic carbocycles. The Morgan fingerprint density at radius 1 is 1.29 bits per heavy atom. The molecule has 0 radical (unpaired) electrons. The fourth-order valence-corrected chi connectivity index (χ4v) is 3.11. The summed E-state index contributed by atoms with van der Waals surface area (Å²) in [5, 5.41) is 9.48. The van der Waals surface area contributed by atoms with E-state index in [2.05, 4.69) is 25.7 Å². The van der Waals surface area contributed by atoms with E-state index in [1.54, 1.807) is 0 Å². The first-order valence-corrected chi connectivity index (χ1v) is 7.89. The van der Waals surface area contributed by atoms with Gasteiger partial charge in [0.2, 0.25) is 0 Å². The fourth-order valence-electron chi connectivity index (χ4n) is 3.11. The maximum Gasteiger partial charge on any atom is 0.254 e. The minimum Gasteiger partial charge on any atom is -0.394 e. The highest BCUT2D eigenvalue weighted by atomic mass is 16.3. The lowest BCUT2D eigenvalue weighted by molar-refractivity contribution is 0.0648. The normalized spacial score (nSPS) is 21.6. The lowest BCUT2D eigenvalue weighted by atomic mass is 10.0. The molecule has 2 atom stereocenters. The van der Waals surface area contributed by atoms with E-state index in [0.717, 1.165) is 31.7 Å². The highest BCUT2D eigenvalue weighted by Crippen LogP contribution is 2.26. The van der Waals surface area contributed by atoms with Crippen LogP contribution in [-0.2, 0) is 0 Å². The van der Waals surface area contributed by atoms with Crippen LogP contribution in [0.3, 0.4) is 0 Å². The van der Waals surface area contributed by atoms with E-state index in [4.69, 9.17) is 0 Å². The fraction of sp³-hybridized carbons (Fsp3) is 0.588. The second kappa shape index (κ2) is 6.94. The van der Waals surface area contributed by atoms with Gasteiger partial charge in [-0.25, -0.2) is 0 Å². The minimum atomic E-state index is -0.0417. The molecule has 1 aromatic carbocycles. The number of nitrogens with zero attached hydrogens (tertiary/aromatic N) is 2. The third kappa shape index (κ3) is 3.21. The number of hydrogen-bond acceptors (Lipinski definition) is 3. The van der Waals surface area contributed by atoms with E-state index in [1.807, 2.05) is 29.2 Å². The lowest BCUT2D eigenvalue weighted by Gasteiger charge is -2.26. The topological polar surface area (TPSA) is 43.8 Å². The highest BCUT2D eigenvalue weighted by molar-refractivity contribution is 5.95. The molecule has 0 spiro atoms. The number of rotatable bonds is 5. The van der Waals surface area contributed by atoms with Crippen LogP contribution in [0.25, 0.3) is 0 Å². The molecule has 1 N–H and O–H groups in total. The molecule has 4 heteroatoms. The van der Waals surface area contributed by atoms with E-state index in [1.165, 1.54) is 0 Å². The van der Waals surface area contributed by atoms with Crippen LogP contribution in [0, 0.1) is 5.92 Å². The Kier molecular flexibility index (Phi) is 5.23. The number of carbonyl (C=O) groups is 1. The van der Waals surface area contributed by atoms with E-state index in [0.29, 0.717) is 11.5 Å². The molecule has 1 aliphatic rings. The zero-order chi connectivity index (χ0) is 15.4. The number of aliphatic hydroxyl groups is 1. The van der Waals surface area contributed by atoms with E-state index < -0.39 is 0 Å². The van der Waals surface area contributed by atoms with Gasteiger partial charge in [0.1, 0.15) is 0 Å². The standard InChI is InChI=1S/C17H26N2O2/c1-4-18(5-2)15-8-6-14(7-9-15)17(21)19-11-10-13(3)16(19)12-20/h6-9,13,16,20H,4-5,10-12H2,1-3H3. The van der Waals surface area contributed by atoms with Crippen molar-refractivity contribution in [2.45, 2.75) is 33.2 Å². The molecule has 116 valence electrons. The first-order chi connectivity index (χ1) is 10.1. The summed E-state index contributed by atoms with van der Waals surface area (Å²) in [6.45, 7) is 9.05. The Balaban J connectivity index is 2.13. The molecule has 1 aromatic rings. The van der Waals surface area contributed by atoms with Crippen molar-refractivity contribution in [3.8, 4) is 0 Å². The molecule has 2 rings (SSSR count). The van der Waals surface area contributed by atoms with Crippen molar-refractivity contribution in [1.29, 1.82) is 0 Å². The van der Waals surface area contributed by atoms with Gasteiger partial charge in [0.15, 0.2) is 0 Å². The predicted molar refractivity (Wildman–Crippen MR) is 85.7 cm³/mol. The largest absolute Gasteiger partial charge is 0.394 e. The maximum atomic E-state index is 12.6. The van der Waals surface area contributed by atoms with Crippen LogP contribution < -0.4 is 4.90 Å². The number of amides is 1. The number of benzene rings is 1. The van der Waals surface area contributed by atoms with Gasteiger partial charge >= 0.3 is 0 Å². The van der Waals surface area contributed by atoms with Gasteiger partial charge in [-0.1, -0.05) is 6.92 Å². The van der Waals surface area contributed by atoms with Crippen LogP contribution >= 0.6 is 0 Å². The Morgan fingerprint density at radius 3 is 2.43 bits per heavy atom. The Bertz CT molecular complexity index is 468. The van der Waals surface area contributed by atoms with Crippen LogP contribution in [0.2, 0.25) is 0 Å². The van der Waals surface area contributed by atoms with Gasteiger partial charge in [0, 0.05) is 30.9 Å². The molecule has 0 bridgehead atoms. The Morgan fingerprint density at radius 2 is 1.90 bits per heavy atom. The molecular weight excluding hydrogens is 264 g/mol. The minimum absolute atomic E-state index is 0.0319. The summed E-state index contributed by atoms with van der Waals surface area (Å²) < 4.78 is 0. The zero-order valence-corrected chi connectivity index (χ0v) is 13.2. The van der Waals surface area contributed by atoms with Crippen LogP contribution in [0.1, 0.15) is 37.6 Å². The number of aliphatic hydroxyl groups excluding tert-OH is 1. The van der Waals surface area contributed by atoms with Crippen molar-refractivity contribution in [1.82, 2.24) is 4.90 Å². The molecule has 1 heterocycles. The molecular formula is C17H26N2O2. The summed E-state index contributed by atoms with van der Waals surface area (Å²) in [4.78, 5) is 16.7. The molecule has 0 aromatic heterocycles. The summed E-state index contributed by atoms with van der Waals surface area (Å²) in [5.41, 5.74) is 1.85. The van der Waals surface area contributed by atoms with E-state index in [-0.39, 0.29) is 18.6 Å². The third-order valence-electron chi connectivity index (χ3n) is 4.57. The van der Waals surface area contributed by atoms with Crippen LogP contribution in [0.15, 0.2) is 24.3 Å². The van der Waals surface area contributed by atoms with Crippen LogP contribution in [-0.4, -0.2) is 48.2 Å². The molecule has 1 saturated heterocycles. The summed E-state index contributed by atoms with van der Waals surface area (Å²) in [7, 11) is 0. The summed E-state index contributed by atoms with van der Waals surface area (Å²) in [6.07, 6.45) is 0.967. The summed E-state index contributed by atoms with van der Waals surface area (Å²) >= 11 is 0. The van der Waals surface area contributed by atoms with Crippen molar-refractivity contribution in [3.05, 3.63) is 29.8 Å². The first-order valence-electron chi connectivity index (χ1n) is 7.89. The van der Waals surface area contributed by atoms with Crippen molar-refractivity contribution in [2.75, 3.05) is 31.1 Å². The highest BCUT2D eigenvalue weighted by Gasteiger charge is 2.34. The van der Waals surface area contributed by atoms with Crippen molar-refractivity contribution in [2.24, 2.45) is 5.92 Å². The lowest BCUT2D eigenvalue weighted by Crippen LogP contribution is -2.39. The van der Waals surface area contributed by atoms with Crippen molar-refractivity contribution < 1.29 is 9.90 Å². The Labute approximate surface area is 127 Å². The quantitative estimate of drug-likeness (QED) is 0.905. The number of anilines is 1. The first kappa shape index (κ1) is 15.8. The average molecular weight is 290 g/mol. The number of likely N-dealkylation sites (tertiary alicyclic amines) is 1. The maximum absolute atomic E-state index is 12.6. The monoisotopic (exact) mass is 290 g/mol. The molecule has 1 aliphatic heterocycles. The van der Waals surface area contributed by atoms with Gasteiger partial charge in [-0.15, -0.1) is 0 Å². The number of carbonyl (C=O) groups excluding carboxylic acids is 1. The summed E-state index contributed by atoms with van der Waals surface area (Å²) in [5.74, 6) is 0.401. The van der Waals surface area contributed by atoms with Crippen LogP contribution in [0.4, 0.5) is 5.69 Å². The van der Waals surface area contributed by atoms with Crippen molar-refractivity contribution >= 4 is 11.6 Å². The number of hydrogen-bond donors (Lipinski definition) is 1. The average Bonchev–Trinajstić information content (AvgIpc) is 2.89. The molecule has 21 heavy (non-hydrogen) atoms. The van der Waals surface area contributed by atoms with E-state index in [9.17, 15) is 9.90 Å². The third-order valence-corrected chi connectivity index (χ3v) is 4.57. The second-order valence-corrected chi connectivity index (χ2v) is 5.73. The van der Waals surface area contributed by atoms with Crippen molar-refractivity contribution in [3.63, 3.8) is 0 Å². The van der Waals surface area contributed by atoms with Gasteiger partial charge in [0.05, 0.1) is 12.6 Å². The van der Waals surface area contributed by atoms with Gasteiger partial charge in [-0.05, 0) is 50.5 Å². The van der Waals surface area contributed by atoms with E-state index >= 15 is 0 Å². The molecule has 4 nitrogen and oxygen atoms in total. The van der Waals surface area contributed by atoms with Gasteiger partial charge in [0.25, 0.3) is 5.91 Å².